The molecule has 4 nitrogen and oxygen atoms in total. The lowest BCUT2D eigenvalue weighted by atomic mass is 10.0. The smallest absolute Gasteiger partial charge is 0.320 e. The SMILES string of the molecule is CCCCCCCCCCCCCCCCC=CCCCCCOP(=O)(O)C(CCC)[N+](C)(C)C. The maximum Gasteiger partial charge on any atom is 0.385 e. The van der Waals surface area contributed by atoms with E-state index < -0.39 is 7.60 Å². The highest BCUT2D eigenvalue weighted by Crippen LogP contribution is 2.51. The van der Waals surface area contributed by atoms with Crippen molar-refractivity contribution in [2.75, 3.05) is 27.7 Å². The number of allylic oxidation sites excluding steroid dienone is 2. The minimum atomic E-state index is -3.58. The van der Waals surface area contributed by atoms with Gasteiger partial charge in [-0.25, -0.2) is 0 Å². The Bertz CT molecular complexity index is 530. The Balaban J connectivity index is 3.49. The fraction of sp³-hybridized carbons (Fsp3) is 0.933. The third-order valence-corrected chi connectivity index (χ3v) is 9.26. The predicted molar refractivity (Wildman–Crippen MR) is 155 cm³/mol. The van der Waals surface area contributed by atoms with Crippen LogP contribution in [0.15, 0.2) is 12.2 Å². The van der Waals surface area contributed by atoms with Gasteiger partial charge in [0.1, 0.15) is 0 Å². The van der Waals surface area contributed by atoms with Crippen LogP contribution in [0.4, 0.5) is 0 Å². The molecule has 0 heterocycles. The van der Waals surface area contributed by atoms with Crippen LogP contribution in [0.5, 0.6) is 0 Å². The van der Waals surface area contributed by atoms with Crippen molar-refractivity contribution in [3.63, 3.8) is 0 Å². The van der Waals surface area contributed by atoms with Crippen LogP contribution in [0.25, 0.3) is 0 Å². The lowest BCUT2D eigenvalue weighted by Crippen LogP contribution is -2.45. The van der Waals surface area contributed by atoms with Gasteiger partial charge in [0.05, 0.1) is 27.7 Å². The quantitative estimate of drug-likeness (QED) is 0.0538. The van der Waals surface area contributed by atoms with Crippen molar-refractivity contribution >= 4 is 7.60 Å². The topological polar surface area (TPSA) is 46.5 Å². The van der Waals surface area contributed by atoms with Gasteiger partial charge in [-0.2, -0.15) is 0 Å². The molecule has 0 aromatic rings. The van der Waals surface area contributed by atoms with Crippen molar-refractivity contribution < 1.29 is 18.5 Å². The molecule has 0 radical (unpaired) electrons. The van der Waals surface area contributed by atoms with Crippen molar-refractivity contribution in [3.8, 4) is 0 Å². The Hall–Kier alpha value is -0.150. The van der Waals surface area contributed by atoms with E-state index in [4.69, 9.17) is 4.52 Å². The average Bonchev–Trinajstić information content (AvgIpc) is 2.80. The standard InChI is InChI=1S/C30H62NO3P/c1-6-8-9-10-11-12-13-14-15-16-17-18-19-20-21-22-23-24-25-26-27-29-34-35(32,33)30(28-7-2)31(3,4)5/h22-23,30H,6-21,24-29H2,1-5H3/p+1. The molecule has 0 fully saturated rings. The molecule has 1 N–H and O–H groups in total. The molecule has 2 unspecified atom stereocenters. The van der Waals surface area contributed by atoms with Gasteiger partial charge >= 0.3 is 7.60 Å². The second kappa shape index (κ2) is 23.0. The van der Waals surface area contributed by atoms with E-state index in [0.29, 0.717) is 17.5 Å². The van der Waals surface area contributed by atoms with Gasteiger partial charge in [0.25, 0.3) is 0 Å². The zero-order chi connectivity index (χ0) is 26.3. The molecule has 5 heteroatoms. The summed E-state index contributed by atoms with van der Waals surface area (Å²) >= 11 is 0. The number of hydrogen-bond acceptors (Lipinski definition) is 2. The summed E-state index contributed by atoms with van der Waals surface area (Å²) in [6, 6.07) is 0. The average molecular weight is 517 g/mol. The lowest BCUT2D eigenvalue weighted by Gasteiger charge is -2.35. The number of rotatable bonds is 26. The van der Waals surface area contributed by atoms with E-state index in [9.17, 15) is 9.46 Å². The first-order chi connectivity index (χ1) is 16.8. The van der Waals surface area contributed by atoms with Gasteiger partial charge in [-0.15, -0.1) is 0 Å². The van der Waals surface area contributed by atoms with E-state index in [1.54, 1.807) is 0 Å². The molecule has 35 heavy (non-hydrogen) atoms. The van der Waals surface area contributed by atoms with Gasteiger partial charge in [0.15, 0.2) is 5.78 Å². The van der Waals surface area contributed by atoms with E-state index in [0.717, 1.165) is 32.1 Å². The molecule has 0 aliphatic carbocycles. The van der Waals surface area contributed by atoms with Crippen molar-refractivity contribution in [3.05, 3.63) is 12.2 Å². The highest BCUT2D eigenvalue weighted by atomic mass is 31.2. The number of unbranched alkanes of at least 4 members (excludes halogenated alkanes) is 17. The Labute approximate surface area is 220 Å². The molecule has 0 spiro atoms. The first-order valence-electron chi connectivity index (χ1n) is 15.2. The second-order valence-corrected chi connectivity index (χ2v) is 13.5. The summed E-state index contributed by atoms with van der Waals surface area (Å²) in [5.41, 5.74) is 0. The monoisotopic (exact) mass is 516 g/mol. The number of nitrogens with zero attached hydrogens (tertiary/aromatic N) is 1. The molecule has 0 aliphatic heterocycles. The first-order valence-corrected chi connectivity index (χ1v) is 16.8. The fourth-order valence-electron chi connectivity index (χ4n) is 4.76. The van der Waals surface area contributed by atoms with Crippen LogP contribution in [0.1, 0.15) is 149 Å². The molecule has 0 aromatic heterocycles. The number of quaternary nitrogens is 1. The van der Waals surface area contributed by atoms with Crippen molar-refractivity contribution in [1.82, 2.24) is 0 Å². The van der Waals surface area contributed by atoms with Crippen LogP contribution in [-0.4, -0.2) is 42.9 Å². The Kier molecular flexibility index (Phi) is 22.9. The molecule has 0 aliphatic rings. The molecule has 0 saturated carbocycles. The van der Waals surface area contributed by atoms with Crippen molar-refractivity contribution in [2.45, 2.75) is 154 Å². The molecular weight excluding hydrogens is 453 g/mol. The Morgan fingerprint density at radius 1 is 0.657 bits per heavy atom. The molecule has 0 amide bonds. The van der Waals surface area contributed by atoms with E-state index in [-0.39, 0.29) is 5.78 Å². The summed E-state index contributed by atoms with van der Waals surface area (Å²) in [5.74, 6) is -0.342. The third-order valence-electron chi connectivity index (χ3n) is 7.00. The summed E-state index contributed by atoms with van der Waals surface area (Å²) in [7, 11) is 2.33. The lowest BCUT2D eigenvalue weighted by molar-refractivity contribution is -0.883. The zero-order valence-electron chi connectivity index (χ0n) is 24.4. The maximum atomic E-state index is 12.7. The summed E-state index contributed by atoms with van der Waals surface area (Å²) in [5, 5.41) is 0. The van der Waals surface area contributed by atoms with Gasteiger partial charge in [0, 0.05) is 6.42 Å². The van der Waals surface area contributed by atoms with Crippen LogP contribution in [0.3, 0.4) is 0 Å². The third kappa shape index (κ3) is 21.6. The fourth-order valence-corrected chi connectivity index (χ4v) is 6.78. The van der Waals surface area contributed by atoms with Crippen LogP contribution in [0.2, 0.25) is 0 Å². The van der Waals surface area contributed by atoms with Gasteiger partial charge in [-0.05, 0) is 38.5 Å². The molecular formula is C30H63NO3P+. The predicted octanol–water partition coefficient (Wildman–Crippen LogP) is 10.0. The van der Waals surface area contributed by atoms with E-state index in [1.165, 1.54) is 96.3 Å². The molecule has 0 rings (SSSR count). The van der Waals surface area contributed by atoms with Crippen molar-refractivity contribution in [2.24, 2.45) is 0 Å². The Morgan fingerprint density at radius 2 is 1.06 bits per heavy atom. The van der Waals surface area contributed by atoms with Gasteiger partial charge < -0.3 is 13.9 Å². The van der Waals surface area contributed by atoms with Crippen LogP contribution in [-0.2, 0) is 9.09 Å². The van der Waals surface area contributed by atoms with Gasteiger partial charge in [-0.1, -0.05) is 116 Å². The van der Waals surface area contributed by atoms with Crippen LogP contribution >= 0.6 is 7.60 Å². The largest absolute Gasteiger partial charge is 0.385 e. The molecule has 0 saturated heterocycles. The maximum absolute atomic E-state index is 12.7. The van der Waals surface area contributed by atoms with Gasteiger partial charge in [-0.3, -0.25) is 4.57 Å². The minimum Gasteiger partial charge on any atom is -0.320 e. The molecule has 0 bridgehead atoms. The highest BCUT2D eigenvalue weighted by Gasteiger charge is 2.41. The van der Waals surface area contributed by atoms with E-state index in [2.05, 4.69) is 26.0 Å². The summed E-state index contributed by atoms with van der Waals surface area (Å²) in [4.78, 5) is 10.4. The van der Waals surface area contributed by atoms with Crippen LogP contribution in [0, 0.1) is 0 Å². The normalized spacial score (nSPS) is 15.0. The first kappa shape index (κ1) is 34.9. The Morgan fingerprint density at radius 3 is 1.46 bits per heavy atom. The zero-order valence-corrected chi connectivity index (χ0v) is 25.3. The van der Waals surface area contributed by atoms with E-state index >= 15 is 0 Å². The summed E-state index contributed by atoms with van der Waals surface area (Å²) in [6.07, 6.45) is 31.4. The van der Waals surface area contributed by atoms with Crippen LogP contribution < -0.4 is 0 Å². The van der Waals surface area contributed by atoms with Crippen molar-refractivity contribution in [1.29, 1.82) is 0 Å². The molecule has 0 aromatic carbocycles. The molecule has 2 atom stereocenters. The summed E-state index contributed by atoms with van der Waals surface area (Å²) < 4.78 is 18.6. The van der Waals surface area contributed by atoms with Gasteiger partial charge in [0.2, 0.25) is 0 Å². The minimum absolute atomic E-state index is 0.342. The highest BCUT2D eigenvalue weighted by molar-refractivity contribution is 7.53. The second-order valence-electron chi connectivity index (χ2n) is 11.5. The summed E-state index contributed by atoms with van der Waals surface area (Å²) in [6.45, 7) is 4.72. The molecule has 210 valence electrons. The van der Waals surface area contributed by atoms with E-state index in [1.807, 2.05) is 21.1 Å². The number of hydrogen-bond donors (Lipinski definition) is 1.